The summed E-state index contributed by atoms with van der Waals surface area (Å²) in [6, 6.07) is 0. The average Bonchev–Trinajstić information content (AvgIpc) is 2.85. The molecule has 0 bridgehead atoms. The topological polar surface area (TPSA) is 40.5 Å². The monoisotopic (exact) mass is 466 g/mol. The molecule has 0 aromatic carbocycles. The lowest BCUT2D eigenvalue weighted by atomic mass is 10.1. The fraction of sp³-hybridized carbons (Fsp3) is 0.625. The summed E-state index contributed by atoms with van der Waals surface area (Å²) in [4.78, 5) is 0. The van der Waals surface area contributed by atoms with Crippen molar-refractivity contribution >= 4 is 0 Å². The van der Waals surface area contributed by atoms with Crippen molar-refractivity contribution in [1.29, 1.82) is 0 Å². The van der Waals surface area contributed by atoms with Gasteiger partial charge in [0.15, 0.2) is 0 Å². The molecular weight excluding hydrogens is 416 g/mol. The van der Waals surface area contributed by atoms with Crippen molar-refractivity contribution in [2.75, 3.05) is 0 Å². The molecule has 0 aliphatic carbocycles. The Morgan fingerprint density at radius 3 is 0.971 bits per heavy atom. The Bertz CT molecular complexity index is 626. The predicted octanol–water partition coefficient (Wildman–Crippen LogP) is 8.22. The molecule has 0 unspecified atom stereocenters. The van der Waals surface area contributed by atoms with Crippen LogP contribution in [0.1, 0.15) is 116 Å². The van der Waals surface area contributed by atoms with Crippen LogP contribution in [-0.4, -0.2) is 22.4 Å². The molecule has 34 heavy (non-hydrogen) atoms. The summed E-state index contributed by atoms with van der Waals surface area (Å²) in [6.07, 6.45) is 47.7. The molecule has 0 rings (SSSR count). The number of allylic oxidation sites excluding steroid dienone is 6. The second-order valence-corrected chi connectivity index (χ2v) is 9.00. The Hall–Kier alpha value is -2.00. The largest absolute Gasteiger partial charge is 0.377 e. The maximum Gasteiger partial charge on any atom is 0.133 e. The molecule has 2 atom stereocenters. The lowest BCUT2D eigenvalue weighted by Gasteiger charge is -2.00. The first kappa shape index (κ1) is 32.0. The maximum atomic E-state index is 9.22. The number of hydrogen-bond acceptors (Lipinski definition) is 2. The molecule has 0 spiro atoms. The Morgan fingerprint density at radius 2 is 0.647 bits per heavy atom. The van der Waals surface area contributed by atoms with E-state index in [0.717, 1.165) is 19.3 Å². The third kappa shape index (κ3) is 26.3. The van der Waals surface area contributed by atoms with E-state index in [1.165, 1.54) is 96.3 Å². The number of aliphatic hydroxyl groups is 2. The van der Waals surface area contributed by atoms with Crippen molar-refractivity contribution in [2.45, 2.75) is 128 Å². The van der Waals surface area contributed by atoms with E-state index in [4.69, 9.17) is 12.8 Å². The first-order valence-corrected chi connectivity index (χ1v) is 13.6. The number of rotatable bonds is 23. The van der Waals surface area contributed by atoms with Gasteiger partial charge in [0.05, 0.1) is 0 Å². The molecule has 0 aromatic heterocycles. The van der Waals surface area contributed by atoms with Crippen LogP contribution in [0.5, 0.6) is 0 Å². The first-order valence-electron chi connectivity index (χ1n) is 13.6. The zero-order chi connectivity index (χ0) is 25.0. The van der Waals surface area contributed by atoms with Gasteiger partial charge in [-0.3, -0.25) is 0 Å². The molecule has 190 valence electrons. The number of hydrogen-bond donors (Lipinski definition) is 2. The van der Waals surface area contributed by atoms with E-state index in [2.05, 4.69) is 36.1 Å². The molecule has 0 heterocycles. The van der Waals surface area contributed by atoms with Gasteiger partial charge in [0.25, 0.3) is 0 Å². The molecule has 2 nitrogen and oxygen atoms in total. The fourth-order valence-corrected chi connectivity index (χ4v) is 3.67. The summed E-state index contributed by atoms with van der Waals surface area (Å²) < 4.78 is 0. The highest BCUT2D eigenvalue weighted by Crippen LogP contribution is 2.11. The van der Waals surface area contributed by atoms with Gasteiger partial charge in [-0.15, -0.1) is 12.8 Å². The van der Waals surface area contributed by atoms with Gasteiger partial charge < -0.3 is 10.2 Å². The van der Waals surface area contributed by atoms with Crippen molar-refractivity contribution in [2.24, 2.45) is 0 Å². The molecule has 0 amide bonds. The smallest absolute Gasteiger partial charge is 0.133 e. The molecule has 0 aromatic rings. The zero-order valence-electron chi connectivity index (χ0n) is 21.6. The second kappa shape index (κ2) is 27.2. The minimum atomic E-state index is -0.730. The van der Waals surface area contributed by atoms with Gasteiger partial charge >= 0.3 is 0 Å². The normalized spacial score (nSPS) is 13.8. The van der Waals surface area contributed by atoms with Crippen molar-refractivity contribution < 1.29 is 10.2 Å². The average molecular weight is 467 g/mol. The van der Waals surface area contributed by atoms with Crippen LogP contribution in [0.15, 0.2) is 48.6 Å². The van der Waals surface area contributed by atoms with Crippen LogP contribution >= 0.6 is 0 Å². The molecule has 2 heteroatoms. The minimum absolute atomic E-state index is 0.723. The molecular formula is C32H50O2. The van der Waals surface area contributed by atoms with Crippen LogP contribution in [0.3, 0.4) is 0 Å². The minimum Gasteiger partial charge on any atom is -0.377 e. The van der Waals surface area contributed by atoms with Crippen LogP contribution in [0.25, 0.3) is 0 Å². The summed E-state index contributed by atoms with van der Waals surface area (Å²) in [7, 11) is 0. The van der Waals surface area contributed by atoms with Crippen molar-refractivity contribution in [3.05, 3.63) is 48.6 Å². The first-order chi connectivity index (χ1) is 16.7. The van der Waals surface area contributed by atoms with E-state index in [1.807, 2.05) is 12.2 Å². The van der Waals surface area contributed by atoms with E-state index in [0.29, 0.717) is 0 Å². The van der Waals surface area contributed by atoms with Crippen molar-refractivity contribution in [3.8, 4) is 24.7 Å². The highest BCUT2D eigenvalue weighted by molar-refractivity contribution is 5.06. The Labute approximate surface area is 211 Å². The van der Waals surface area contributed by atoms with Gasteiger partial charge in [-0.2, -0.15) is 0 Å². The van der Waals surface area contributed by atoms with Crippen LogP contribution in [-0.2, 0) is 0 Å². The van der Waals surface area contributed by atoms with Crippen LogP contribution in [0, 0.1) is 24.7 Å². The Morgan fingerprint density at radius 1 is 0.412 bits per heavy atom. The standard InChI is InChI=1S/C32H50O2/c1-3-31(33)29-27-25-23-21-19-17-15-13-11-9-7-5-6-8-10-12-14-16-18-20-22-24-26-28-30-32(34)4-2/h1-2,5,7,14,16,27-34H,6,8-13,15,17-26H2/b7-5?,16-14?,29-27+,30-28+/t31-,32-/m0/s1. The number of aliphatic hydroxyl groups excluding tert-OH is 2. The number of unbranched alkanes of at least 4 members (excludes halogenated alkanes) is 15. The summed E-state index contributed by atoms with van der Waals surface area (Å²) in [5, 5.41) is 18.4. The Kier molecular flexibility index (Phi) is 25.6. The van der Waals surface area contributed by atoms with Gasteiger partial charge in [-0.1, -0.05) is 86.8 Å². The summed E-state index contributed by atoms with van der Waals surface area (Å²) in [5.74, 6) is 4.57. The maximum absolute atomic E-state index is 9.22. The van der Waals surface area contributed by atoms with Crippen molar-refractivity contribution in [3.63, 3.8) is 0 Å². The summed E-state index contributed by atoms with van der Waals surface area (Å²) >= 11 is 0. The van der Waals surface area contributed by atoms with E-state index in [-0.39, 0.29) is 0 Å². The van der Waals surface area contributed by atoms with E-state index < -0.39 is 12.2 Å². The second-order valence-electron chi connectivity index (χ2n) is 9.00. The van der Waals surface area contributed by atoms with Gasteiger partial charge in [-0.05, 0) is 89.2 Å². The van der Waals surface area contributed by atoms with Crippen LogP contribution in [0.4, 0.5) is 0 Å². The van der Waals surface area contributed by atoms with Gasteiger partial charge in [-0.25, -0.2) is 0 Å². The van der Waals surface area contributed by atoms with Gasteiger partial charge in [0.2, 0.25) is 0 Å². The zero-order valence-corrected chi connectivity index (χ0v) is 21.6. The highest BCUT2D eigenvalue weighted by atomic mass is 16.3. The van der Waals surface area contributed by atoms with E-state index in [9.17, 15) is 10.2 Å². The molecule has 0 fully saturated rings. The molecule has 0 saturated carbocycles. The van der Waals surface area contributed by atoms with Gasteiger partial charge in [0.1, 0.15) is 12.2 Å². The Balaban J connectivity index is 3.27. The van der Waals surface area contributed by atoms with Crippen molar-refractivity contribution in [1.82, 2.24) is 0 Å². The van der Waals surface area contributed by atoms with E-state index >= 15 is 0 Å². The lowest BCUT2D eigenvalue weighted by Crippen LogP contribution is -1.95. The predicted molar refractivity (Wildman–Crippen MR) is 149 cm³/mol. The summed E-state index contributed by atoms with van der Waals surface area (Å²) in [6.45, 7) is 0. The lowest BCUT2D eigenvalue weighted by molar-refractivity contribution is 0.280. The van der Waals surface area contributed by atoms with E-state index in [1.54, 1.807) is 12.2 Å². The third-order valence-electron chi connectivity index (χ3n) is 5.79. The van der Waals surface area contributed by atoms with Crippen LogP contribution < -0.4 is 0 Å². The fourth-order valence-electron chi connectivity index (χ4n) is 3.67. The molecule has 0 aliphatic rings. The molecule has 0 saturated heterocycles. The quantitative estimate of drug-likeness (QED) is 0.0904. The summed E-state index contributed by atoms with van der Waals surface area (Å²) in [5.41, 5.74) is 0. The molecule has 2 N–H and O–H groups in total. The molecule has 0 aliphatic heterocycles. The third-order valence-corrected chi connectivity index (χ3v) is 5.79. The van der Waals surface area contributed by atoms with Gasteiger partial charge in [0, 0.05) is 0 Å². The van der Waals surface area contributed by atoms with Crippen LogP contribution in [0.2, 0.25) is 0 Å². The number of terminal acetylenes is 2. The molecule has 0 radical (unpaired) electrons. The highest BCUT2D eigenvalue weighted by Gasteiger charge is 1.93. The SMILES string of the molecule is C#C[C@H](O)/C=C/CCCCCC=CCCCCC=CCCCCCCCCC/C=C/[C@@H](O)C#C.